The number of amides is 1. The molecule has 0 radical (unpaired) electrons. The fraction of sp³-hybridized carbons (Fsp3) is 0.800. The van der Waals surface area contributed by atoms with Gasteiger partial charge >= 0.3 is 0 Å². The first-order valence-electron chi connectivity index (χ1n) is 7.90. The summed E-state index contributed by atoms with van der Waals surface area (Å²) in [5, 5.41) is 7.52. The zero-order valence-electron chi connectivity index (χ0n) is 14.2. The predicted octanol–water partition coefficient (Wildman–Crippen LogP) is 1.98. The molecule has 0 aromatic carbocycles. The van der Waals surface area contributed by atoms with E-state index in [1.54, 1.807) is 0 Å². The van der Waals surface area contributed by atoms with Crippen LogP contribution in [-0.4, -0.2) is 52.3 Å². The summed E-state index contributed by atoms with van der Waals surface area (Å²) >= 11 is 0. The molecule has 1 aromatic heterocycles. The SMILES string of the molecule is CNCCCC(=O)N1CCCC(Cn2nc(C)nc2C)C1.Cl.Cl. The number of rotatable bonds is 6. The van der Waals surface area contributed by atoms with Gasteiger partial charge in [-0.3, -0.25) is 4.79 Å². The second-order valence-electron chi connectivity index (χ2n) is 5.94. The Balaban J connectivity index is 0.00000242. The van der Waals surface area contributed by atoms with Crippen LogP contribution in [0.15, 0.2) is 0 Å². The van der Waals surface area contributed by atoms with Crippen molar-refractivity contribution in [3.63, 3.8) is 0 Å². The molecular weight excluding hydrogens is 337 g/mol. The number of piperidine rings is 1. The third-order valence-corrected chi connectivity index (χ3v) is 4.08. The molecule has 2 rings (SSSR count). The Labute approximate surface area is 151 Å². The van der Waals surface area contributed by atoms with Crippen molar-refractivity contribution < 1.29 is 4.79 Å². The summed E-state index contributed by atoms with van der Waals surface area (Å²) in [6.45, 7) is 7.44. The van der Waals surface area contributed by atoms with Gasteiger partial charge in [0.15, 0.2) is 0 Å². The van der Waals surface area contributed by atoms with Crippen molar-refractivity contribution in [2.45, 2.75) is 46.1 Å². The summed E-state index contributed by atoms with van der Waals surface area (Å²) in [5.41, 5.74) is 0. The molecular formula is C15H29Cl2N5O. The number of carbonyl (C=O) groups excluding carboxylic acids is 1. The van der Waals surface area contributed by atoms with Crippen LogP contribution in [0.2, 0.25) is 0 Å². The summed E-state index contributed by atoms with van der Waals surface area (Å²) in [4.78, 5) is 18.6. The Hall–Kier alpha value is -0.850. The molecule has 1 aromatic rings. The van der Waals surface area contributed by atoms with Crippen LogP contribution in [0.3, 0.4) is 0 Å². The lowest BCUT2D eigenvalue weighted by atomic mass is 9.97. The van der Waals surface area contributed by atoms with Gasteiger partial charge in [-0.1, -0.05) is 0 Å². The quantitative estimate of drug-likeness (QED) is 0.782. The van der Waals surface area contributed by atoms with Crippen molar-refractivity contribution in [2.75, 3.05) is 26.7 Å². The van der Waals surface area contributed by atoms with Crippen molar-refractivity contribution in [3.05, 3.63) is 11.6 Å². The summed E-state index contributed by atoms with van der Waals surface area (Å²) in [7, 11) is 1.92. The number of nitrogens with zero attached hydrogens (tertiary/aromatic N) is 4. The summed E-state index contributed by atoms with van der Waals surface area (Å²) < 4.78 is 1.98. The van der Waals surface area contributed by atoms with E-state index in [4.69, 9.17) is 0 Å². The molecule has 1 N–H and O–H groups in total. The molecule has 2 heterocycles. The Morgan fingerprint density at radius 2 is 2.09 bits per heavy atom. The number of carbonyl (C=O) groups is 1. The molecule has 134 valence electrons. The Kier molecular flexibility index (Phi) is 10.4. The number of likely N-dealkylation sites (tertiary alicyclic amines) is 1. The van der Waals surface area contributed by atoms with Gasteiger partial charge in [-0.2, -0.15) is 5.10 Å². The average molecular weight is 366 g/mol. The first-order valence-corrected chi connectivity index (χ1v) is 7.90. The van der Waals surface area contributed by atoms with Gasteiger partial charge in [-0.15, -0.1) is 24.8 Å². The Bertz CT molecular complexity index is 480. The summed E-state index contributed by atoms with van der Waals surface area (Å²) in [6, 6.07) is 0. The Morgan fingerprint density at radius 3 is 2.70 bits per heavy atom. The van der Waals surface area contributed by atoms with Gasteiger partial charge in [-0.05, 0) is 52.6 Å². The number of aromatic nitrogens is 3. The molecule has 1 unspecified atom stereocenters. The molecule has 1 fully saturated rings. The predicted molar refractivity (Wildman–Crippen MR) is 96.5 cm³/mol. The lowest BCUT2D eigenvalue weighted by Gasteiger charge is -2.33. The largest absolute Gasteiger partial charge is 0.342 e. The van der Waals surface area contributed by atoms with E-state index >= 15 is 0 Å². The maximum atomic E-state index is 12.2. The zero-order valence-corrected chi connectivity index (χ0v) is 15.9. The maximum Gasteiger partial charge on any atom is 0.222 e. The van der Waals surface area contributed by atoms with Crippen LogP contribution >= 0.6 is 24.8 Å². The van der Waals surface area contributed by atoms with Gasteiger partial charge in [0.2, 0.25) is 5.91 Å². The van der Waals surface area contributed by atoms with E-state index in [0.717, 1.165) is 50.7 Å². The second-order valence-corrected chi connectivity index (χ2v) is 5.94. The number of nitrogens with one attached hydrogen (secondary N) is 1. The van der Waals surface area contributed by atoms with Crippen LogP contribution in [0.1, 0.15) is 37.3 Å². The first-order chi connectivity index (χ1) is 10.1. The molecule has 1 aliphatic heterocycles. The van der Waals surface area contributed by atoms with Gasteiger partial charge in [0, 0.05) is 26.1 Å². The van der Waals surface area contributed by atoms with E-state index in [0.29, 0.717) is 18.2 Å². The van der Waals surface area contributed by atoms with Crippen LogP contribution in [0.25, 0.3) is 0 Å². The lowest BCUT2D eigenvalue weighted by molar-refractivity contribution is -0.133. The van der Waals surface area contributed by atoms with Crippen molar-refractivity contribution in [2.24, 2.45) is 5.92 Å². The highest BCUT2D eigenvalue weighted by Gasteiger charge is 2.24. The van der Waals surface area contributed by atoms with Gasteiger partial charge in [-0.25, -0.2) is 9.67 Å². The fourth-order valence-corrected chi connectivity index (χ4v) is 2.99. The van der Waals surface area contributed by atoms with Gasteiger partial charge in [0.1, 0.15) is 11.6 Å². The second kappa shape index (κ2) is 10.8. The molecule has 8 heteroatoms. The molecule has 0 saturated carbocycles. The minimum atomic E-state index is 0. The van der Waals surface area contributed by atoms with E-state index in [1.807, 2.05) is 30.5 Å². The van der Waals surface area contributed by atoms with E-state index < -0.39 is 0 Å². The van der Waals surface area contributed by atoms with E-state index in [9.17, 15) is 4.79 Å². The summed E-state index contributed by atoms with van der Waals surface area (Å²) in [5.74, 6) is 2.57. The molecule has 1 saturated heterocycles. The lowest BCUT2D eigenvalue weighted by Crippen LogP contribution is -2.41. The van der Waals surface area contributed by atoms with Crippen molar-refractivity contribution in [3.8, 4) is 0 Å². The third kappa shape index (κ3) is 6.65. The molecule has 0 spiro atoms. The highest BCUT2D eigenvalue weighted by molar-refractivity contribution is 5.85. The normalized spacial score (nSPS) is 17.3. The van der Waals surface area contributed by atoms with Crippen molar-refractivity contribution in [1.29, 1.82) is 0 Å². The van der Waals surface area contributed by atoms with Crippen molar-refractivity contribution >= 4 is 30.7 Å². The van der Waals surface area contributed by atoms with Crippen LogP contribution in [-0.2, 0) is 11.3 Å². The van der Waals surface area contributed by atoms with E-state index in [1.165, 1.54) is 6.42 Å². The van der Waals surface area contributed by atoms with Crippen LogP contribution < -0.4 is 5.32 Å². The number of hydrogen-bond donors (Lipinski definition) is 1. The Morgan fingerprint density at radius 1 is 1.35 bits per heavy atom. The topological polar surface area (TPSA) is 63.1 Å². The van der Waals surface area contributed by atoms with Crippen molar-refractivity contribution in [1.82, 2.24) is 25.0 Å². The molecule has 6 nitrogen and oxygen atoms in total. The molecule has 1 aliphatic rings. The molecule has 0 bridgehead atoms. The van der Waals surface area contributed by atoms with Crippen LogP contribution in [0.4, 0.5) is 0 Å². The number of hydrogen-bond acceptors (Lipinski definition) is 4. The first kappa shape index (κ1) is 22.1. The molecule has 1 amide bonds. The monoisotopic (exact) mass is 365 g/mol. The zero-order chi connectivity index (χ0) is 15.2. The molecule has 0 aliphatic carbocycles. The minimum Gasteiger partial charge on any atom is -0.342 e. The maximum absolute atomic E-state index is 12.2. The van der Waals surface area contributed by atoms with Crippen LogP contribution in [0, 0.1) is 19.8 Å². The fourth-order valence-electron chi connectivity index (χ4n) is 2.99. The third-order valence-electron chi connectivity index (χ3n) is 4.08. The molecule has 23 heavy (non-hydrogen) atoms. The number of halogens is 2. The van der Waals surface area contributed by atoms with E-state index in [-0.39, 0.29) is 24.8 Å². The van der Waals surface area contributed by atoms with E-state index in [2.05, 4.69) is 15.4 Å². The van der Waals surface area contributed by atoms with Crippen LogP contribution in [0.5, 0.6) is 0 Å². The summed E-state index contributed by atoms with van der Waals surface area (Å²) in [6.07, 6.45) is 3.82. The van der Waals surface area contributed by atoms with Gasteiger partial charge < -0.3 is 10.2 Å². The standard InChI is InChI=1S/C15H27N5O.2ClH/c1-12-17-13(2)20(18-12)11-14-6-5-9-19(10-14)15(21)7-4-8-16-3;;/h14,16H,4-11H2,1-3H3;2*1H. The molecule has 1 atom stereocenters. The highest BCUT2D eigenvalue weighted by Crippen LogP contribution is 2.19. The smallest absolute Gasteiger partial charge is 0.222 e. The number of aryl methyl sites for hydroxylation is 2. The van der Waals surface area contributed by atoms with Gasteiger partial charge in [0.05, 0.1) is 0 Å². The highest BCUT2D eigenvalue weighted by atomic mass is 35.5. The minimum absolute atomic E-state index is 0. The average Bonchev–Trinajstić information content (AvgIpc) is 2.77. The van der Waals surface area contributed by atoms with Gasteiger partial charge in [0.25, 0.3) is 0 Å².